The Morgan fingerprint density at radius 2 is 2.21 bits per heavy atom. The third kappa shape index (κ3) is 2.60. The molecule has 2 aromatic heterocycles. The van der Waals surface area contributed by atoms with Crippen LogP contribution < -0.4 is 4.90 Å². The molecular formula is C13H17BrN4O. The third-order valence-corrected chi connectivity index (χ3v) is 4.03. The van der Waals surface area contributed by atoms with E-state index in [9.17, 15) is 0 Å². The average Bonchev–Trinajstić information content (AvgIpc) is 2.87. The van der Waals surface area contributed by atoms with Gasteiger partial charge in [-0.3, -0.25) is 0 Å². The van der Waals surface area contributed by atoms with Crippen molar-refractivity contribution in [1.29, 1.82) is 0 Å². The van der Waals surface area contributed by atoms with Gasteiger partial charge in [0, 0.05) is 45.4 Å². The summed E-state index contributed by atoms with van der Waals surface area (Å²) in [6.45, 7) is 2.89. The van der Waals surface area contributed by atoms with Crippen molar-refractivity contribution in [3.63, 3.8) is 0 Å². The van der Waals surface area contributed by atoms with Gasteiger partial charge in [0.1, 0.15) is 4.60 Å². The molecule has 1 aliphatic rings. The summed E-state index contributed by atoms with van der Waals surface area (Å²) in [4.78, 5) is 11.3. The van der Waals surface area contributed by atoms with Gasteiger partial charge in [0.05, 0.1) is 0 Å². The highest BCUT2D eigenvalue weighted by Gasteiger charge is 2.22. The molecule has 0 amide bonds. The van der Waals surface area contributed by atoms with Crippen LogP contribution in [0.15, 0.2) is 23.2 Å². The summed E-state index contributed by atoms with van der Waals surface area (Å²) >= 11 is 3.46. The second kappa shape index (κ2) is 5.46. The van der Waals surface area contributed by atoms with Crippen LogP contribution in [0.1, 0.15) is 12.8 Å². The maximum atomic E-state index is 5.24. The van der Waals surface area contributed by atoms with Crippen LogP contribution in [0.2, 0.25) is 0 Å². The van der Waals surface area contributed by atoms with Crippen molar-refractivity contribution in [3.05, 3.63) is 23.2 Å². The summed E-state index contributed by atoms with van der Waals surface area (Å²) in [5, 5.41) is 0. The largest absolute Gasteiger partial charge is 0.384 e. The Labute approximate surface area is 120 Å². The zero-order valence-electron chi connectivity index (χ0n) is 10.9. The normalized spacial score (nSPS) is 17.3. The van der Waals surface area contributed by atoms with Gasteiger partial charge in [-0.15, -0.1) is 0 Å². The van der Waals surface area contributed by atoms with E-state index in [1.165, 1.54) is 0 Å². The molecule has 0 radical (unpaired) electrons. The minimum Gasteiger partial charge on any atom is -0.384 e. The van der Waals surface area contributed by atoms with Crippen molar-refractivity contribution < 1.29 is 4.74 Å². The Morgan fingerprint density at radius 3 is 2.95 bits per heavy atom. The molecule has 1 saturated heterocycles. The van der Waals surface area contributed by atoms with Gasteiger partial charge in [0.25, 0.3) is 0 Å². The molecule has 102 valence electrons. The number of aromatic nitrogens is 3. The number of hydrogen-bond acceptors (Lipinski definition) is 4. The summed E-state index contributed by atoms with van der Waals surface area (Å²) in [7, 11) is 1.77. The Hall–Kier alpha value is -1.14. The van der Waals surface area contributed by atoms with Crippen LogP contribution in [0, 0.1) is 5.92 Å². The predicted molar refractivity (Wildman–Crippen MR) is 77.5 cm³/mol. The Morgan fingerprint density at radius 1 is 1.42 bits per heavy atom. The van der Waals surface area contributed by atoms with Crippen LogP contribution in [0.25, 0.3) is 5.65 Å². The Bertz CT molecular complexity index is 563. The molecule has 3 heterocycles. The van der Waals surface area contributed by atoms with Crippen LogP contribution in [0.5, 0.6) is 0 Å². The summed E-state index contributed by atoms with van der Waals surface area (Å²) in [6, 6.07) is 0. The van der Waals surface area contributed by atoms with E-state index in [1.54, 1.807) is 7.11 Å². The van der Waals surface area contributed by atoms with Gasteiger partial charge in [-0.1, -0.05) is 0 Å². The maximum Gasteiger partial charge on any atom is 0.180 e. The van der Waals surface area contributed by atoms with Crippen LogP contribution in [-0.2, 0) is 4.74 Å². The smallest absolute Gasteiger partial charge is 0.180 e. The van der Waals surface area contributed by atoms with E-state index in [2.05, 4.69) is 30.8 Å². The number of fused-ring (bicyclic) bond motifs is 1. The molecule has 0 aliphatic carbocycles. The molecule has 1 aliphatic heterocycles. The zero-order valence-corrected chi connectivity index (χ0v) is 12.5. The summed E-state index contributed by atoms with van der Waals surface area (Å²) < 4.78 is 8.09. The molecule has 19 heavy (non-hydrogen) atoms. The molecule has 0 saturated carbocycles. The number of ether oxygens (including phenoxy) is 1. The lowest BCUT2D eigenvalue weighted by atomic mass is 9.98. The molecule has 3 rings (SSSR count). The van der Waals surface area contributed by atoms with Crippen LogP contribution in [-0.4, -0.2) is 41.2 Å². The van der Waals surface area contributed by atoms with Crippen molar-refractivity contribution in [1.82, 2.24) is 14.4 Å². The first-order valence-corrected chi connectivity index (χ1v) is 7.30. The monoisotopic (exact) mass is 324 g/mol. The quantitative estimate of drug-likeness (QED) is 0.869. The summed E-state index contributed by atoms with van der Waals surface area (Å²) in [5.74, 6) is 1.64. The van der Waals surface area contributed by atoms with Crippen LogP contribution >= 0.6 is 15.9 Å². The lowest BCUT2D eigenvalue weighted by Crippen LogP contribution is -2.35. The lowest BCUT2D eigenvalue weighted by molar-refractivity contribution is 0.139. The Balaban J connectivity index is 1.83. The molecule has 0 N–H and O–H groups in total. The molecule has 0 atom stereocenters. The summed E-state index contributed by atoms with van der Waals surface area (Å²) in [6.07, 6.45) is 7.99. The van der Waals surface area contributed by atoms with Crippen molar-refractivity contribution in [2.45, 2.75) is 12.8 Å². The van der Waals surface area contributed by atoms with Gasteiger partial charge >= 0.3 is 0 Å². The maximum absolute atomic E-state index is 5.24. The van der Waals surface area contributed by atoms with Crippen LogP contribution in [0.3, 0.4) is 0 Å². The molecular weight excluding hydrogens is 308 g/mol. The second-order valence-electron chi connectivity index (χ2n) is 4.93. The van der Waals surface area contributed by atoms with E-state index in [1.807, 2.05) is 23.0 Å². The fraction of sp³-hybridized carbons (Fsp3) is 0.538. The molecule has 0 unspecified atom stereocenters. The second-order valence-corrected chi connectivity index (χ2v) is 5.74. The number of anilines is 1. The number of methoxy groups -OCH3 is 1. The highest BCUT2D eigenvalue weighted by molar-refractivity contribution is 9.10. The molecule has 0 aromatic carbocycles. The van der Waals surface area contributed by atoms with Crippen molar-refractivity contribution in [2.75, 3.05) is 31.7 Å². The average molecular weight is 325 g/mol. The van der Waals surface area contributed by atoms with E-state index in [0.717, 1.165) is 48.6 Å². The van der Waals surface area contributed by atoms with E-state index in [0.29, 0.717) is 5.92 Å². The molecule has 6 heteroatoms. The van der Waals surface area contributed by atoms with E-state index in [4.69, 9.17) is 4.74 Å². The molecule has 0 bridgehead atoms. The SMILES string of the molecule is COCC1CCN(c2nc(Br)cn3ccnc23)CC1. The standard InChI is InChI=1S/C13H17BrN4O/c1-19-9-10-2-5-17(6-3-10)13-12-15-4-7-18(12)8-11(14)16-13/h4,7-8,10H,2-3,5-6,9H2,1H3. The lowest BCUT2D eigenvalue weighted by Gasteiger charge is -2.32. The Kier molecular flexibility index (Phi) is 3.70. The van der Waals surface area contributed by atoms with E-state index < -0.39 is 0 Å². The van der Waals surface area contributed by atoms with E-state index >= 15 is 0 Å². The van der Waals surface area contributed by atoms with Gasteiger partial charge in [-0.2, -0.15) is 0 Å². The fourth-order valence-electron chi connectivity index (χ4n) is 2.64. The first-order valence-electron chi connectivity index (χ1n) is 6.51. The number of rotatable bonds is 3. The van der Waals surface area contributed by atoms with Gasteiger partial charge in [-0.25, -0.2) is 9.97 Å². The molecule has 1 fully saturated rings. The highest BCUT2D eigenvalue weighted by Crippen LogP contribution is 2.26. The van der Waals surface area contributed by atoms with Gasteiger partial charge in [-0.05, 0) is 34.7 Å². The predicted octanol–water partition coefficient (Wildman–Crippen LogP) is 2.35. The molecule has 5 nitrogen and oxygen atoms in total. The number of halogens is 1. The van der Waals surface area contributed by atoms with Gasteiger partial charge < -0.3 is 14.0 Å². The highest BCUT2D eigenvalue weighted by atomic mass is 79.9. The van der Waals surface area contributed by atoms with Crippen LogP contribution in [0.4, 0.5) is 5.82 Å². The number of piperidine rings is 1. The minimum absolute atomic E-state index is 0.671. The van der Waals surface area contributed by atoms with Crippen molar-refractivity contribution in [2.24, 2.45) is 5.92 Å². The zero-order chi connectivity index (χ0) is 13.2. The molecule has 0 spiro atoms. The van der Waals surface area contributed by atoms with Crippen molar-refractivity contribution in [3.8, 4) is 0 Å². The van der Waals surface area contributed by atoms with E-state index in [-0.39, 0.29) is 0 Å². The number of hydrogen-bond donors (Lipinski definition) is 0. The third-order valence-electron chi connectivity index (χ3n) is 3.64. The minimum atomic E-state index is 0.671. The topological polar surface area (TPSA) is 42.7 Å². The number of nitrogens with zero attached hydrogens (tertiary/aromatic N) is 4. The summed E-state index contributed by atoms with van der Waals surface area (Å²) in [5.41, 5.74) is 0.924. The fourth-order valence-corrected chi connectivity index (χ4v) is 3.03. The van der Waals surface area contributed by atoms with Crippen molar-refractivity contribution >= 4 is 27.4 Å². The first-order chi connectivity index (χ1) is 9.28. The number of imidazole rings is 1. The molecule has 2 aromatic rings. The van der Waals surface area contributed by atoms with Gasteiger partial charge in [0.15, 0.2) is 11.5 Å². The first kappa shape index (κ1) is 12.9. The van der Waals surface area contributed by atoms with Gasteiger partial charge in [0.2, 0.25) is 0 Å².